The number of aromatic nitrogens is 3. The van der Waals surface area contributed by atoms with Crippen molar-refractivity contribution in [3.05, 3.63) is 64.6 Å². The number of amides is 1. The van der Waals surface area contributed by atoms with Gasteiger partial charge in [-0.3, -0.25) is 9.20 Å². The van der Waals surface area contributed by atoms with Crippen LogP contribution >= 0.6 is 0 Å². The van der Waals surface area contributed by atoms with Crippen LogP contribution in [0.2, 0.25) is 0 Å². The largest absolute Gasteiger partial charge is 0.490 e. The molecule has 1 aliphatic carbocycles. The number of nitrogens with zero attached hydrogens (tertiary/aromatic N) is 3. The Hall–Kier alpha value is -3.61. The number of rotatable bonds is 4. The van der Waals surface area contributed by atoms with E-state index in [1.54, 1.807) is 6.07 Å². The fraction of sp³-hybridized carbons (Fsp3) is 0.300. The van der Waals surface area contributed by atoms with Gasteiger partial charge in [0.05, 0.1) is 11.6 Å². The monoisotopic (exact) mass is 471 g/mol. The van der Waals surface area contributed by atoms with Crippen molar-refractivity contribution >= 4 is 17.5 Å². The molecule has 0 saturated carbocycles. The maximum absolute atomic E-state index is 13.0. The normalized spacial score (nSPS) is 15.2. The molecule has 176 valence electrons. The van der Waals surface area contributed by atoms with Gasteiger partial charge in [0.15, 0.2) is 5.65 Å². The van der Waals surface area contributed by atoms with E-state index in [2.05, 4.69) is 21.6 Å². The summed E-state index contributed by atoms with van der Waals surface area (Å²) < 4.78 is 58.9. The molecule has 0 radical (unpaired) electrons. The highest BCUT2D eigenvalue weighted by atomic mass is 19.4. The number of carboxylic acid groups (broad SMARTS) is 1. The molecule has 0 bridgehead atoms. The van der Waals surface area contributed by atoms with Crippen LogP contribution in [0.1, 0.15) is 51.8 Å². The third-order valence-corrected chi connectivity index (χ3v) is 4.95. The van der Waals surface area contributed by atoms with Crippen LogP contribution in [0.5, 0.6) is 0 Å². The van der Waals surface area contributed by atoms with Gasteiger partial charge in [-0.25, -0.2) is 13.6 Å². The molecule has 2 heterocycles. The highest BCUT2D eigenvalue weighted by Gasteiger charge is 2.38. The molecule has 1 aliphatic rings. The molecule has 4 N–H and O–H groups in total. The Kier molecular flexibility index (Phi) is 6.91. The molecular formula is C20H18F5N5O3. The molecule has 0 spiro atoms. The predicted molar refractivity (Wildman–Crippen MR) is 104 cm³/mol. The van der Waals surface area contributed by atoms with Crippen LogP contribution in [0, 0.1) is 0 Å². The van der Waals surface area contributed by atoms with E-state index >= 15 is 0 Å². The zero-order valence-electron chi connectivity index (χ0n) is 16.8. The number of pyridine rings is 1. The predicted octanol–water partition coefficient (Wildman–Crippen LogP) is 3.18. The number of hydrogen-bond acceptors (Lipinski definition) is 5. The molecule has 1 unspecified atom stereocenters. The summed E-state index contributed by atoms with van der Waals surface area (Å²) in [7, 11) is 0. The van der Waals surface area contributed by atoms with Crippen LogP contribution < -0.4 is 11.1 Å². The number of alkyl halides is 5. The molecule has 1 amide bonds. The summed E-state index contributed by atoms with van der Waals surface area (Å²) >= 11 is 0. The minimum atomic E-state index is -5.08. The summed E-state index contributed by atoms with van der Waals surface area (Å²) in [6, 6.07) is 8.98. The van der Waals surface area contributed by atoms with Crippen molar-refractivity contribution in [3.63, 3.8) is 0 Å². The molecule has 4 rings (SSSR count). The third-order valence-electron chi connectivity index (χ3n) is 4.95. The van der Waals surface area contributed by atoms with Gasteiger partial charge in [0.25, 0.3) is 12.3 Å². The van der Waals surface area contributed by atoms with Crippen LogP contribution in [-0.2, 0) is 17.8 Å². The van der Waals surface area contributed by atoms with Gasteiger partial charge in [0.2, 0.25) is 5.82 Å². The Balaban J connectivity index is 0.000000383. The fourth-order valence-corrected chi connectivity index (χ4v) is 3.38. The van der Waals surface area contributed by atoms with Crippen molar-refractivity contribution in [1.29, 1.82) is 0 Å². The lowest BCUT2D eigenvalue weighted by atomic mass is 10.0. The molecule has 0 saturated heterocycles. The van der Waals surface area contributed by atoms with Gasteiger partial charge in [-0.2, -0.15) is 13.2 Å². The molecule has 2 aromatic heterocycles. The van der Waals surface area contributed by atoms with Crippen LogP contribution in [0.15, 0.2) is 36.5 Å². The highest BCUT2D eigenvalue weighted by Crippen LogP contribution is 2.32. The average molecular weight is 471 g/mol. The number of halogens is 5. The molecule has 3 aromatic rings. The Labute approximate surface area is 183 Å². The number of hydrogen-bond donors (Lipinski definition) is 3. The molecular weight excluding hydrogens is 453 g/mol. The summed E-state index contributed by atoms with van der Waals surface area (Å²) in [6.45, 7) is 0.482. The number of carbonyl (C=O) groups excluding carboxylic acids is 1. The van der Waals surface area contributed by atoms with Gasteiger partial charge in [0, 0.05) is 12.7 Å². The smallest absolute Gasteiger partial charge is 0.475 e. The first-order valence-corrected chi connectivity index (χ1v) is 9.56. The maximum Gasteiger partial charge on any atom is 0.490 e. The first-order chi connectivity index (χ1) is 15.5. The number of aryl methyl sites for hydroxylation is 1. The lowest BCUT2D eigenvalue weighted by molar-refractivity contribution is -0.192. The van der Waals surface area contributed by atoms with Crippen LogP contribution in [-0.4, -0.2) is 37.8 Å². The summed E-state index contributed by atoms with van der Waals surface area (Å²) in [5.41, 5.74) is 9.56. The van der Waals surface area contributed by atoms with E-state index < -0.39 is 24.4 Å². The summed E-state index contributed by atoms with van der Waals surface area (Å²) in [4.78, 5) is 21.5. The molecule has 13 heteroatoms. The summed E-state index contributed by atoms with van der Waals surface area (Å²) in [5, 5.41) is 17.3. The SMILES string of the molecule is NCc1ccc2c(c1)CCC2NC(=O)c1ccc2nnc(C(F)F)n2c1.O=C(O)C(F)(F)F. The standard InChI is InChI=1S/C18H17F2N5O.C2HF3O2/c19-16(20)17-24-23-15-6-3-12(9-25(15)17)18(26)22-14-5-2-11-7-10(8-21)1-4-13(11)14;3-2(4,5)1(6)7/h1,3-4,6-7,9,14,16H,2,5,8,21H2,(H,22,26);(H,6,7). The third kappa shape index (κ3) is 5.42. The van der Waals surface area contributed by atoms with E-state index in [1.165, 1.54) is 17.8 Å². The number of benzene rings is 1. The summed E-state index contributed by atoms with van der Waals surface area (Å²) in [5.74, 6) is -3.55. The first-order valence-electron chi connectivity index (χ1n) is 9.56. The number of aliphatic carboxylic acids is 1. The minimum Gasteiger partial charge on any atom is -0.475 e. The van der Waals surface area contributed by atoms with Crippen LogP contribution in [0.3, 0.4) is 0 Å². The molecule has 8 nitrogen and oxygen atoms in total. The van der Waals surface area contributed by atoms with Gasteiger partial charge in [-0.1, -0.05) is 18.2 Å². The second-order valence-corrected chi connectivity index (χ2v) is 7.11. The zero-order valence-corrected chi connectivity index (χ0v) is 16.8. The summed E-state index contributed by atoms with van der Waals surface area (Å²) in [6.07, 6.45) is -4.83. The van der Waals surface area contributed by atoms with Crippen LogP contribution in [0.4, 0.5) is 22.0 Å². The van der Waals surface area contributed by atoms with Crippen molar-refractivity contribution in [1.82, 2.24) is 19.9 Å². The number of fused-ring (bicyclic) bond motifs is 2. The van der Waals surface area contributed by atoms with Crippen LogP contribution in [0.25, 0.3) is 5.65 Å². The molecule has 0 fully saturated rings. The molecule has 33 heavy (non-hydrogen) atoms. The Bertz CT molecular complexity index is 1180. The maximum atomic E-state index is 13.0. The van der Waals surface area contributed by atoms with Crippen molar-refractivity contribution in [2.75, 3.05) is 0 Å². The zero-order chi connectivity index (χ0) is 24.3. The van der Waals surface area contributed by atoms with Crippen molar-refractivity contribution in [3.8, 4) is 0 Å². The van der Waals surface area contributed by atoms with Crippen molar-refractivity contribution in [2.45, 2.75) is 38.0 Å². The molecule has 0 aliphatic heterocycles. The van der Waals surface area contributed by atoms with E-state index in [9.17, 15) is 26.7 Å². The number of carbonyl (C=O) groups is 2. The topological polar surface area (TPSA) is 123 Å². The number of nitrogens with one attached hydrogen (secondary N) is 1. The fourth-order valence-electron chi connectivity index (χ4n) is 3.38. The quantitative estimate of drug-likeness (QED) is 0.503. The van der Waals surface area contributed by atoms with Gasteiger partial charge in [-0.05, 0) is 41.7 Å². The van der Waals surface area contributed by atoms with E-state index in [0.717, 1.165) is 28.4 Å². The van der Waals surface area contributed by atoms with Crippen molar-refractivity contribution < 1.29 is 36.6 Å². The van der Waals surface area contributed by atoms with E-state index in [0.29, 0.717) is 6.54 Å². The lowest BCUT2D eigenvalue weighted by Crippen LogP contribution is -2.27. The second-order valence-electron chi connectivity index (χ2n) is 7.11. The lowest BCUT2D eigenvalue weighted by Gasteiger charge is -2.15. The highest BCUT2D eigenvalue weighted by molar-refractivity contribution is 5.94. The average Bonchev–Trinajstić information content (AvgIpc) is 3.36. The second kappa shape index (κ2) is 9.48. The first kappa shape index (κ1) is 24.0. The molecule has 1 aromatic carbocycles. The van der Waals surface area contributed by atoms with Crippen molar-refractivity contribution in [2.24, 2.45) is 5.73 Å². The van der Waals surface area contributed by atoms with Gasteiger partial charge < -0.3 is 16.2 Å². The molecule has 1 atom stereocenters. The van der Waals surface area contributed by atoms with E-state index in [4.69, 9.17) is 15.6 Å². The van der Waals surface area contributed by atoms with Gasteiger partial charge in [-0.15, -0.1) is 10.2 Å². The Morgan fingerprint density at radius 2 is 1.91 bits per heavy atom. The van der Waals surface area contributed by atoms with Gasteiger partial charge >= 0.3 is 12.1 Å². The van der Waals surface area contributed by atoms with E-state index in [1.807, 2.05) is 12.1 Å². The Morgan fingerprint density at radius 3 is 2.52 bits per heavy atom. The van der Waals surface area contributed by atoms with E-state index in [-0.39, 0.29) is 23.2 Å². The minimum absolute atomic E-state index is 0.101. The number of carboxylic acids is 1. The Morgan fingerprint density at radius 1 is 1.21 bits per heavy atom. The van der Waals surface area contributed by atoms with Gasteiger partial charge in [0.1, 0.15) is 0 Å². The number of nitrogens with two attached hydrogens (primary N) is 1.